The number of carbonyl (C=O) groups excluding carboxylic acids is 1. The van der Waals surface area contributed by atoms with E-state index >= 15 is 0 Å². The van der Waals surface area contributed by atoms with Crippen LogP contribution in [0, 0.1) is 6.92 Å². The van der Waals surface area contributed by atoms with Crippen LogP contribution < -0.4 is 34.7 Å². The number of fused-ring (bicyclic) bond motifs is 1. The number of hydrogen-bond donors (Lipinski definition) is 1. The molecular formula is C20H20N7NaO2S3. The first-order chi connectivity index (χ1) is 15.6. The molecule has 0 amide bonds. The van der Waals surface area contributed by atoms with Gasteiger partial charge in [0.05, 0.1) is 29.2 Å². The van der Waals surface area contributed by atoms with E-state index in [0.717, 1.165) is 45.6 Å². The van der Waals surface area contributed by atoms with Crippen LogP contribution in [0.25, 0.3) is 11.0 Å². The summed E-state index contributed by atoms with van der Waals surface area (Å²) >= 11 is 4.88. The average Bonchev–Trinajstić information content (AvgIpc) is 3.39. The molecule has 13 heteroatoms. The van der Waals surface area contributed by atoms with Crippen LogP contribution in [0.2, 0.25) is 0 Å². The Hall–Kier alpha value is -1.57. The third-order valence-corrected chi connectivity index (χ3v) is 7.70. The summed E-state index contributed by atoms with van der Waals surface area (Å²) in [6.07, 6.45) is 2.78. The number of pyridine rings is 1. The van der Waals surface area contributed by atoms with Gasteiger partial charge < -0.3 is 14.9 Å². The first-order valence-electron chi connectivity index (χ1n) is 9.84. The van der Waals surface area contributed by atoms with E-state index in [1.165, 1.54) is 26.9 Å². The summed E-state index contributed by atoms with van der Waals surface area (Å²) < 4.78 is 1.24. The van der Waals surface area contributed by atoms with Gasteiger partial charge in [-0.15, -0.1) is 16.9 Å². The van der Waals surface area contributed by atoms with Crippen LogP contribution >= 0.6 is 35.3 Å². The number of imidazole rings is 1. The number of nitrogens with one attached hydrogen (secondary N) is 1. The average molecular weight is 510 g/mol. The minimum absolute atomic E-state index is 0. The van der Waals surface area contributed by atoms with Gasteiger partial charge in [-0.25, -0.2) is 9.67 Å². The molecule has 0 radical (unpaired) electrons. The molecule has 0 atom stereocenters. The Kier molecular flexibility index (Phi) is 10.1. The number of aromatic nitrogens is 7. The second-order valence-corrected chi connectivity index (χ2v) is 9.93. The molecule has 0 saturated carbocycles. The predicted molar refractivity (Wildman–Crippen MR) is 124 cm³/mol. The standard InChI is InChI=1S/C20H21N7O2S3.Na/c1-13-16(12-32-19-22-14-5-2-3-6-15(14)23-19)21-8-7-17(13)30-9-4-10-31-20-24-25-26-27(20)11-18(28)29;/h2-3,5-8H,4,9-12H2,1H3,(H,22,23)(H,28,29);/q;+1/p-1. The third-order valence-electron chi connectivity index (χ3n) is 4.53. The van der Waals surface area contributed by atoms with E-state index in [4.69, 9.17) is 0 Å². The topological polar surface area (TPSA) is 125 Å². The first kappa shape index (κ1) is 26.0. The van der Waals surface area contributed by atoms with Gasteiger partial charge in [0.15, 0.2) is 5.16 Å². The number of hydrogen-bond acceptors (Lipinski definition) is 10. The number of para-hydroxylation sites is 2. The van der Waals surface area contributed by atoms with Gasteiger partial charge in [-0.1, -0.05) is 35.7 Å². The molecule has 0 aliphatic heterocycles. The fourth-order valence-corrected chi connectivity index (χ4v) is 5.83. The second kappa shape index (κ2) is 12.8. The van der Waals surface area contributed by atoms with Crippen LogP contribution in [-0.4, -0.2) is 52.6 Å². The summed E-state index contributed by atoms with van der Waals surface area (Å²) in [4.78, 5) is 24.5. The van der Waals surface area contributed by atoms with Crippen molar-refractivity contribution >= 4 is 52.3 Å². The number of carboxylic acids is 1. The number of tetrazole rings is 1. The van der Waals surface area contributed by atoms with Crippen molar-refractivity contribution in [3.8, 4) is 0 Å². The molecule has 9 nitrogen and oxygen atoms in total. The predicted octanol–water partition coefficient (Wildman–Crippen LogP) is -0.426. The van der Waals surface area contributed by atoms with Crippen molar-refractivity contribution in [2.24, 2.45) is 0 Å². The number of aromatic amines is 1. The van der Waals surface area contributed by atoms with Crippen molar-refractivity contribution in [1.82, 2.24) is 35.2 Å². The maximum atomic E-state index is 10.7. The Morgan fingerprint density at radius 1 is 1.15 bits per heavy atom. The number of aliphatic carboxylic acids is 1. The summed E-state index contributed by atoms with van der Waals surface area (Å²) in [5.74, 6) is 1.25. The maximum absolute atomic E-state index is 10.7. The van der Waals surface area contributed by atoms with Gasteiger partial charge in [0.25, 0.3) is 0 Å². The molecule has 0 bridgehead atoms. The van der Waals surface area contributed by atoms with E-state index < -0.39 is 5.97 Å². The SMILES string of the molecule is Cc1c(SCCCSc2nnnn2CC(=O)[O-])ccnc1CSc1nc2ccccc2[nH]1.[Na+]. The molecule has 1 aromatic carbocycles. The molecule has 3 aromatic heterocycles. The van der Waals surface area contributed by atoms with Gasteiger partial charge in [-0.2, -0.15) is 0 Å². The molecule has 33 heavy (non-hydrogen) atoms. The molecule has 0 saturated heterocycles. The Balaban J connectivity index is 0.00000306. The van der Waals surface area contributed by atoms with Crippen molar-refractivity contribution in [3.05, 3.63) is 47.8 Å². The van der Waals surface area contributed by atoms with E-state index in [1.807, 2.05) is 36.5 Å². The zero-order valence-corrected chi connectivity index (χ0v) is 22.7. The van der Waals surface area contributed by atoms with Crippen molar-refractivity contribution in [3.63, 3.8) is 0 Å². The van der Waals surface area contributed by atoms with Crippen molar-refractivity contribution in [1.29, 1.82) is 0 Å². The van der Waals surface area contributed by atoms with Crippen LogP contribution in [0.5, 0.6) is 0 Å². The smallest absolute Gasteiger partial charge is 0.548 e. The number of H-pyrrole nitrogens is 1. The van der Waals surface area contributed by atoms with Crippen molar-refractivity contribution < 1.29 is 39.5 Å². The van der Waals surface area contributed by atoms with Crippen LogP contribution in [0.1, 0.15) is 17.7 Å². The molecule has 1 N–H and O–H groups in total. The third kappa shape index (κ3) is 7.20. The molecule has 0 spiro atoms. The van der Waals surface area contributed by atoms with Gasteiger partial charge >= 0.3 is 29.6 Å². The number of nitrogens with zero attached hydrogens (tertiary/aromatic N) is 6. The molecule has 0 aliphatic rings. The molecule has 0 fully saturated rings. The van der Waals surface area contributed by atoms with E-state index in [1.54, 1.807) is 23.5 Å². The van der Waals surface area contributed by atoms with Gasteiger partial charge in [-0.3, -0.25) is 4.98 Å². The fourth-order valence-electron chi connectivity index (χ4n) is 2.92. The molecule has 3 heterocycles. The summed E-state index contributed by atoms with van der Waals surface area (Å²) in [6, 6.07) is 10.0. The van der Waals surface area contributed by atoms with E-state index in [-0.39, 0.29) is 36.1 Å². The molecule has 4 rings (SSSR count). The van der Waals surface area contributed by atoms with Crippen LogP contribution in [0.3, 0.4) is 0 Å². The van der Waals surface area contributed by atoms with Gasteiger partial charge in [0.2, 0.25) is 5.16 Å². The Bertz CT molecular complexity index is 1180. The Morgan fingerprint density at radius 3 is 2.79 bits per heavy atom. The molecular weight excluding hydrogens is 489 g/mol. The monoisotopic (exact) mass is 509 g/mol. The van der Waals surface area contributed by atoms with Gasteiger partial charge in [0, 0.05) is 22.6 Å². The van der Waals surface area contributed by atoms with Gasteiger partial charge in [0.1, 0.15) is 0 Å². The molecule has 166 valence electrons. The molecule has 0 unspecified atom stereocenters. The number of benzene rings is 1. The summed E-state index contributed by atoms with van der Waals surface area (Å²) in [5.41, 5.74) is 4.24. The zero-order valence-electron chi connectivity index (χ0n) is 18.2. The quantitative estimate of drug-likeness (QED) is 0.162. The van der Waals surface area contributed by atoms with Crippen molar-refractivity contribution in [2.75, 3.05) is 11.5 Å². The minimum atomic E-state index is -1.21. The van der Waals surface area contributed by atoms with Gasteiger partial charge in [-0.05, 0) is 53.3 Å². The zero-order chi connectivity index (χ0) is 22.3. The van der Waals surface area contributed by atoms with Crippen LogP contribution in [0.4, 0.5) is 0 Å². The normalized spacial score (nSPS) is 10.9. The second-order valence-electron chi connectivity index (χ2n) is 6.77. The summed E-state index contributed by atoms with van der Waals surface area (Å²) in [5, 5.41) is 23.2. The molecule has 4 aromatic rings. The van der Waals surface area contributed by atoms with E-state index in [2.05, 4.69) is 37.4 Å². The number of rotatable bonds is 11. The van der Waals surface area contributed by atoms with Crippen molar-refractivity contribution in [2.45, 2.75) is 40.9 Å². The first-order valence-corrected chi connectivity index (χ1v) is 12.8. The van der Waals surface area contributed by atoms with Crippen LogP contribution in [-0.2, 0) is 17.1 Å². The minimum Gasteiger partial charge on any atom is -0.548 e. The fraction of sp³-hybridized carbons (Fsp3) is 0.300. The number of thioether (sulfide) groups is 3. The Morgan fingerprint density at radius 2 is 1.97 bits per heavy atom. The van der Waals surface area contributed by atoms with E-state index in [0.29, 0.717) is 5.16 Å². The molecule has 0 aliphatic carbocycles. The number of carboxylic acid groups (broad SMARTS) is 1. The van der Waals surface area contributed by atoms with E-state index in [9.17, 15) is 9.90 Å². The summed E-state index contributed by atoms with van der Waals surface area (Å²) in [6.45, 7) is 1.77. The largest absolute Gasteiger partial charge is 1.00 e. The maximum Gasteiger partial charge on any atom is 1.00 e. The Labute approximate surface area is 225 Å². The van der Waals surface area contributed by atoms with Crippen LogP contribution in [0.15, 0.2) is 51.7 Å². The summed E-state index contributed by atoms with van der Waals surface area (Å²) in [7, 11) is 0. The number of carbonyl (C=O) groups is 1.